The standard InChI is InChI=1S/C15H27NO6/c1-14(2,3)21-12(18)7-16(10-8-20-9-11(10)17)13(19)22-15(4,5)6/h10-11,17H,7-9H2,1-6H3/t10-,11-/m1/s1. The number of amides is 1. The molecule has 0 aliphatic carbocycles. The number of carbonyl (C=O) groups is 2. The maximum absolute atomic E-state index is 12.3. The van der Waals surface area contributed by atoms with E-state index >= 15 is 0 Å². The minimum absolute atomic E-state index is 0.123. The molecule has 0 radical (unpaired) electrons. The summed E-state index contributed by atoms with van der Waals surface area (Å²) in [5.74, 6) is -0.558. The molecule has 0 unspecified atom stereocenters. The molecule has 1 saturated heterocycles. The summed E-state index contributed by atoms with van der Waals surface area (Å²) in [6.45, 7) is 10.4. The first kappa shape index (κ1) is 18.7. The van der Waals surface area contributed by atoms with Crippen LogP contribution in [0.5, 0.6) is 0 Å². The van der Waals surface area contributed by atoms with E-state index in [1.807, 2.05) is 0 Å². The summed E-state index contributed by atoms with van der Waals surface area (Å²) >= 11 is 0. The van der Waals surface area contributed by atoms with Crippen LogP contribution in [-0.4, -0.2) is 65.2 Å². The molecule has 7 heteroatoms. The van der Waals surface area contributed by atoms with Gasteiger partial charge >= 0.3 is 12.1 Å². The molecule has 1 rings (SSSR count). The van der Waals surface area contributed by atoms with Crippen molar-refractivity contribution >= 4 is 12.1 Å². The van der Waals surface area contributed by atoms with Crippen molar-refractivity contribution in [1.29, 1.82) is 0 Å². The van der Waals surface area contributed by atoms with Gasteiger partial charge < -0.3 is 19.3 Å². The van der Waals surface area contributed by atoms with Crippen LogP contribution < -0.4 is 0 Å². The van der Waals surface area contributed by atoms with Gasteiger partial charge in [0.2, 0.25) is 0 Å². The van der Waals surface area contributed by atoms with Crippen molar-refractivity contribution in [3.8, 4) is 0 Å². The van der Waals surface area contributed by atoms with Crippen LogP contribution >= 0.6 is 0 Å². The van der Waals surface area contributed by atoms with E-state index in [0.717, 1.165) is 0 Å². The van der Waals surface area contributed by atoms with E-state index in [1.165, 1.54) is 4.90 Å². The number of rotatable bonds is 3. The Kier molecular flexibility index (Phi) is 5.81. The first-order chi connectivity index (χ1) is 9.89. The van der Waals surface area contributed by atoms with Crippen LogP contribution in [0.15, 0.2) is 0 Å². The van der Waals surface area contributed by atoms with Crippen molar-refractivity contribution < 1.29 is 28.9 Å². The summed E-state index contributed by atoms with van der Waals surface area (Å²) in [6, 6.07) is -0.623. The highest BCUT2D eigenvalue weighted by Crippen LogP contribution is 2.18. The van der Waals surface area contributed by atoms with Gasteiger partial charge in [-0.05, 0) is 41.5 Å². The van der Waals surface area contributed by atoms with Crippen molar-refractivity contribution in [3.63, 3.8) is 0 Å². The molecule has 0 aromatic rings. The third kappa shape index (κ3) is 6.19. The molecule has 0 saturated carbocycles. The van der Waals surface area contributed by atoms with Crippen molar-refractivity contribution in [2.45, 2.75) is 64.9 Å². The van der Waals surface area contributed by atoms with Crippen molar-refractivity contribution in [3.05, 3.63) is 0 Å². The molecule has 1 N–H and O–H groups in total. The molecule has 0 aromatic heterocycles. The van der Waals surface area contributed by atoms with E-state index in [2.05, 4.69) is 0 Å². The topological polar surface area (TPSA) is 85.3 Å². The summed E-state index contributed by atoms with van der Waals surface area (Å²) in [7, 11) is 0. The maximum Gasteiger partial charge on any atom is 0.411 e. The summed E-state index contributed by atoms with van der Waals surface area (Å²) in [6.07, 6.45) is -1.53. The SMILES string of the molecule is CC(C)(C)OC(=O)CN(C(=O)OC(C)(C)C)[C@@H]1COC[C@H]1O. The lowest BCUT2D eigenvalue weighted by atomic mass is 10.1. The number of nitrogens with zero attached hydrogens (tertiary/aromatic N) is 1. The number of hydrogen-bond donors (Lipinski definition) is 1. The second-order valence-corrected chi connectivity index (χ2v) is 7.37. The van der Waals surface area contributed by atoms with Gasteiger partial charge in [0.25, 0.3) is 0 Å². The van der Waals surface area contributed by atoms with Crippen molar-refractivity contribution in [2.24, 2.45) is 0 Å². The average Bonchev–Trinajstić information content (AvgIpc) is 2.67. The van der Waals surface area contributed by atoms with Gasteiger partial charge in [0.1, 0.15) is 23.9 Å². The van der Waals surface area contributed by atoms with Gasteiger partial charge in [-0.2, -0.15) is 0 Å². The minimum atomic E-state index is -0.852. The van der Waals surface area contributed by atoms with Crippen LogP contribution in [0.4, 0.5) is 4.79 Å². The second-order valence-electron chi connectivity index (χ2n) is 7.37. The normalized spacial score (nSPS) is 22.3. The Hall–Kier alpha value is -1.34. The fourth-order valence-electron chi connectivity index (χ4n) is 1.98. The number of carbonyl (C=O) groups excluding carboxylic acids is 2. The summed E-state index contributed by atoms with van der Waals surface area (Å²) in [5, 5.41) is 9.93. The minimum Gasteiger partial charge on any atom is -0.459 e. The average molecular weight is 317 g/mol. The highest BCUT2D eigenvalue weighted by atomic mass is 16.6. The number of aliphatic hydroxyl groups excluding tert-OH is 1. The molecule has 1 fully saturated rings. The maximum atomic E-state index is 12.3. The van der Waals surface area contributed by atoms with Gasteiger partial charge in [0.05, 0.1) is 19.3 Å². The molecule has 1 amide bonds. The summed E-state index contributed by atoms with van der Waals surface area (Å²) in [5.41, 5.74) is -1.35. The highest BCUT2D eigenvalue weighted by Gasteiger charge is 2.38. The first-order valence-electron chi connectivity index (χ1n) is 7.36. The fraction of sp³-hybridized carbons (Fsp3) is 0.867. The molecule has 1 aliphatic heterocycles. The lowest BCUT2D eigenvalue weighted by Crippen LogP contribution is -2.51. The zero-order chi connectivity index (χ0) is 17.1. The summed E-state index contributed by atoms with van der Waals surface area (Å²) < 4.78 is 15.7. The molecule has 0 aromatic carbocycles. The highest BCUT2D eigenvalue weighted by molar-refractivity contribution is 5.78. The van der Waals surface area contributed by atoms with Crippen LogP contribution in [0, 0.1) is 0 Å². The van der Waals surface area contributed by atoms with Crippen LogP contribution in [0.25, 0.3) is 0 Å². The van der Waals surface area contributed by atoms with Crippen molar-refractivity contribution in [2.75, 3.05) is 19.8 Å². The Balaban J connectivity index is 2.82. The Morgan fingerprint density at radius 3 is 2.05 bits per heavy atom. The van der Waals surface area contributed by atoms with Gasteiger partial charge in [0, 0.05) is 0 Å². The van der Waals surface area contributed by atoms with Gasteiger partial charge in [-0.15, -0.1) is 0 Å². The second kappa shape index (κ2) is 6.83. The molecule has 7 nitrogen and oxygen atoms in total. The number of aliphatic hydroxyl groups is 1. The zero-order valence-corrected chi connectivity index (χ0v) is 14.2. The summed E-state index contributed by atoms with van der Waals surface area (Å²) in [4.78, 5) is 25.5. The van der Waals surface area contributed by atoms with Crippen molar-refractivity contribution in [1.82, 2.24) is 4.90 Å². The van der Waals surface area contributed by atoms with E-state index < -0.39 is 35.4 Å². The lowest BCUT2D eigenvalue weighted by molar-refractivity contribution is -0.156. The number of hydrogen-bond acceptors (Lipinski definition) is 6. The lowest BCUT2D eigenvalue weighted by Gasteiger charge is -2.32. The van der Waals surface area contributed by atoms with Gasteiger partial charge in [-0.1, -0.05) is 0 Å². The van der Waals surface area contributed by atoms with Gasteiger partial charge in [-0.3, -0.25) is 9.69 Å². The Bertz CT molecular complexity index is 409. The Morgan fingerprint density at radius 1 is 1.09 bits per heavy atom. The first-order valence-corrected chi connectivity index (χ1v) is 7.36. The van der Waals surface area contributed by atoms with E-state index in [1.54, 1.807) is 41.5 Å². The van der Waals surface area contributed by atoms with E-state index in [4.69, 9.17) is 14.2 Å². The molecule has 1 heterocycles. The smallest absolute Gasteiger partial charge is 0.411 e. The molecular formula is C15H27NO6. The Labute approximate surface area is 131 Å². The molecular weight excluding hydrogens is 290 g/mol. The van der Waals surface area contributed by atoms with Crippen LogP contribution in [0.3, 0.4) is 0 Å². The van der Waals surface area contributed by atoms with Crippen LogP contribution in [0.1, 0.15) is 41.5 Å². The number of esters is 1. The molecule has 0 spiro atoms. The van der Waals surface area contributed by atoms with Crippen LogP contribution in [-0.2, 0) is 19.0 Å². The Morgan fingerprint density at radius 2 is 1.64 bits per heavy atom. The zero-order valence-electron chi connectivity index (χ0n) is 14.2. The van der Waals surface area contributed by atoms with Gasteiger partial charge in [-0.25, -0.2) is 4.79 Å². The quantitative estimate of drug-likeness (QED) is 0.790. The van der Waals surface area contributed by atoms with Gasteiger partial charge in [0.15, 0.2) is 0 Å². The van der Waals surface area contributed by atoms with E-state index in [9.17, 15) is 14.7 Å². The molecule has 1 aliphatic rings. The predicted octanol–water partition coefficient (Wildman–Crippen LogP) is 1.32. The van der Waals surface area contributed by atoms with E-state index in [0.29, 0.717) is 0 Å². The molecule has 128 valence electrons. The molecule has 2 atom stereocenters. The number of ether oxygens (including phenoxy) is 3. The monoisotopic (exact) mass is 317 g/mol. The van der Waals surface area contributed by atoms with Crippen LogP contribution in [0.2, 0.25) is 0 Å². The third-order valence-electron chi connectivity index (χ3n) is 2.77. The predicted molar refractivity (Wildman–Crippen MR) is 79.4 cm³/mol. The van der Waals surface area contributed by atoms with E-state index in [-0.39, 0.29) is 19.8 Å². The largest absolute Gasteiger partial charge is 0.459 e. The third-order valence-corrected chi connectivity index (χ3v) is 2.77. The molecule has 22 heavy (non-hydrogen) atoms. The molecule has 0 bridgehead atoms. The fourth-order valence-corrected chi connectivity index (χ4v) is 1.98.